The van der Waals surface area contributed by atoms with Crippen molar-refractivity contribution >= 4 is 11.8 Å². The first-order valence-electron chi connectivity index (χ1n) is 6.69. The molecule has 1 aliphatic heterocycles. The molecule has 0 spiro atoms. The largest absolute Gasteiger partial charge is 0.314 e. The Morgan fingerprint density at radius 3 is 2.73 bits per heavy atom. The van der Waals surface area contributed by atoms with Crippen LogP contribution in [0.2, 0.25) is 0 Å². The average Bonchev–Trinajstić information content (AvgIpc) is 2.76. The third-order valence-corrected chi connectivity index (χ3v) is 4.56. The highest BCUT2D eigenvalue weighted by Gasteiger charge is 2.23. The molecule has 0 aromatic rings. The van der Waals surface area contributed by atoms with Gasteiger partial charge in [0.25, 0.3) is 0 Å². The lowest BCUT2D eigenvalue weighted by atomic mass is 9.94. The Morgan fingerprint density at radius 1 is 1.27 bits per heavy atom. The second kappa shape index (κ2) is 8.46. The van der Waals surface area contributed by atoms with Gasteiger partial charge >= 0.3 is 0 Å². The lowest BCUT2D eigenvalue weighted by Gasteiger charge is -2.23. The first-order valence-corrected chi connectivity index (χ1v) is 7.85. The van der Waals surface area contributed by atoms with E-state index in [1.54, 1.807) is 0 Å². The molecule has 1 heterocycles. The van der Waals surface area contributed by atoms with E-state index in [1.807, 2.05) is 0 Å². The summed E-state index contributed by atoms with van der Waals surface area (Å²) in [7, 11) is 0. The van der Waals surface area contributed by atoms with Gasteiger partial charge < -0.3 is 5.32 Å². The smallest absolute Gasteiger partial charge is 0.0103 e. The molecule has 90 valence electrons. The molecule has 1 aliphatic rings. The fourth-order valence-electron chi connectivity index (χ4n) is 2.43. The lowest BCUT2D eigenvalue weighted by Crippen LogP contribution is -2.36. The number of nitrogens with one attached hydrogen (secondary N) is 1. The molecule has 1 saturated heterocycles. The predicted molar refractivity (Wildman–Crippen MR) is 71.7 cm³/mol. The molecule has 15 heavy (non-hydrogen) atoms. The van der Waals surface area contributed by atoms with Crippen LogP contribution in [-0.2, 0) is 0 Å². The van der Waals surface area contributed by atoms with E-state index in [9.17, 15) is 0 Å². The van der Waals surface area contributed by atoms with Crippen molar-refractivity contribution in [2.24, 2.45) is 5.92 Å². The molecule has 1 fully saturated rings. The van der Waals surface area contributed by atoms with Crippen molar-refractivity contribution in [3.05, 3.63) is 0 Å². The van der Waals surface area contributed by atoms with Crippen molar-refractivity contribution in [1.29, 1.82) is 0 Å². The second-order valence-corrected chi connectivity index (χ2v) is 5.79. The van der Waals surface area contributed by atoms with E-state index in [0.717, 1.165) is 18.5 Å². The Hall–Kier alpha value is 0.310. The van der Waals surface area contributed by atoms with Crippen LogP contribution in [0.1, 0.15) is 52.4 Å². The van der Waals surface area contributed by atoms with Crippen LogP contribution in [0.15, 0.2) is 0 Å². The van der Waals surface area contributed by atoms with Crippen LogP contribution in [0.3, 0.4) is 0 Å². The number of hydrogen-bond acceptors (Lipinski definition) is 2. The van der Waals surface area contributed by atoms with Crippen LogP contribution in [-0.4, -0.2) is 24.1 Å². The standard InChI is InChI=1S/C13H27NS/c1-3-5-6-7-8-13(14-4-2)12-9-10-15-11-12/h12-14H,3-11H2,1-2H3. The van der Waals surface area contributed by atoms with Gasteiger partial charge in [-0.25, -0.2) is 0 Å². The number of unbranched alkanes of at least 4 members (excludes halogenated alkanes) is 3. The number of rotatable bonds is 8. The maximum atomic E-state index is 3.69. The summed E-state index contributed by atoms with van der Waals surface area (Å²) >= 11 is 2.14. The fraction of sp³-hybridized carbons (Fsp3) is 1.00. The maximum absolute atomic E-state index is 3.69. The monoisotopic (exact) mass is 229 g/mol. The molecule has 1 rings (SSSR count). The molecule has 2 unspecified atom stereocenters. The third kappa shape index (κ3) is 5.26. The third-order valence-electron chi connectivity index (χ3n) is 3.37. The Kier molecular flexibility index (Phi) is 7.54. The summed E-state index contributed by atoms with van der Waals surface area (Å²) in [6.07, 6.45) is 8.46. The topological polar surface area (TPSA) is 12.0 Å². The van der Waals surface area contributed by atoms with Crippen molar-refractivity contribution in [2.45, 2.75) is 58.4 Å². The molecule has 1 N–H and O–H groups in total. The molecule has 0 aliphatic carbocycles. The van der Waals surface area contributed by atoms with Gasteiger partial charge in [-0.05, 0) is 36.8 Å². The van der Waals surface area contributed by atoms with Crippen LogP contribution < -0.4 is 5.32 Å². The van der Waals surface area contributed by atoms with Gasteiger partial charge in [-0.2, -0.15) is 11.8 Å². The minimum Gasteiger partial charge on any atom is -0.314 e. The first-order chi connectivity index (χ1) is 7.38. The molecule has 0 aromatic carbocycles. The molecule has 2 atom stereocenters. The van der Waals surface area contributed by atoms with Crippen LogP contribution in [0.5, 0.6) is 0 Å². The first kappa shape index (κ1) is 13.4. The normalized spacial score (nSPS) is 23.2. The van der Waals surface area contributed by atoms with Gasteiger partial charge in [0, 0.05) is 6.04 Å². The van der Waals surface area contributed by atoms with Gasteiger partial charge in [0.1, 0.15) is 0 Å². The van der Waals surface area contributed by atoms with E-state index in [-0.39, 0.29) is 0 Å². The molecule has 0 bridgehead atoms. The summed E-state index contributed by atoms with van der Waals surface area (Å²) in [5.41, 5.74) is 0. The molecular weight excluding hydrogens is 202 g/mol. The minimum absolute atomic E-state index is 0.807. The zero-order valence-corrected chi connectivity index (χ0v) is 11.2. The van der Waals surface area contributed by atoms with E-state index in [1.165, 1.54) is 50.0 Å². The SMILES string of the molecule is CCCCCCC(NCC)C1CCSC1. The highest BCUT2D eigenvalue weighted by atomic mass is 32.2. The zero-order chi connectivity index (χ0) is 10.9. The Balaban J connectivity index is 2.17. The highest BCUT2D eigenvalue weighted by Crippen LogP contribution is 2.28. The van der Waals surface area contributed by atoms with Crippen molar-refractivity contribution in [2.75, 3.05) is 18.1 Å². The molecule has 0 radical (unpaired) electrons. The van der Waals surface area contributed by atoms with E-state index < -0.39 is 0 Å². The van der Waals surface area contributed by atoms with Gasteiger partial charge in [0.05, 0.1) is 0 Å². The molecule has 2 heteroatoms. The van der Waals surface area contributed by atoms with E-state index in [0.29, 0.717) is 0 Å². The Bertz CT molecular complexity index is 143. The summed E-state index contributed by atoms with van der Waals surface area (Å²) in [6, 6.07) is 0.807. The van der Waals surface area contributed by atoms with Crippen molar-refractivity contribution in [1.82, 2.24) is 5.32 Å². The maximum Gasteiger partial charge on any atom is 0.0103 e. The fourth-order valence-corrected chi connectivity index (χ4v) is 3.77. The van der Waals surface area contributed by atoms with Gasteiger partial charge in [-0.15, -0.1) is 0 Å². The highest BCUT2D eigenvalue weighted by molar-refractivity contribution is 7.99. The van der Waals surface area contributed by atoms with E-state index in [4.69, 9.17) is 0 Å². The van der Waals surface area contributed by atoms with Gasteiger partial charge in [-0.1, -0.05) is 39.5 Å². The van der Waals surface area contributed by atoms with Gasteiger partial charge in [0.15, 0.2) is 0 Å². The number of thioether (sulfide) groups is 1. The Morgan fingerprint density at radius 2 is 2.13 bits per heavy atom. The molecule has 0 amide bonds. The molecular formula is C13H27NS. The summed E-state index contributed by atoms with van der Waals surface area (Å²) in [6.45, 7) is 5.66. The Labute approximate surface area is 99.8 Å². The van der Waals surface area contributed by atoms with Crippen LogP contribution in [0.4, 0.5) is 0 Å². The average molecular weight is 229 g/mol. The molecule has 0 saturated carbocycles. The number of hydrogen-bond donors (Lipinski definition) is 1. The van der Waals surface area contributed by atoms with Crippen molar-refractivity contribution in [3.63, 3.8) is 0 Å². The summed E-state index contributed by atoms with van der Waals surface area (Å²) in [5, 5.41) is 3.69. The van der Waals surface area contributed by atoms with Crippen LogP contribution in [0, 0.1) is 5.92 Å². The van der Waals surface area contributed by atoms with E-state index in [2.05, 4.69) is 30.9 Å². The van der Waals surface area contributed by atoms with Crippen molar-refractivity contribution < 1.29 is 0 Å². The van der Waals surface area contributed by atoms with Crippen LogP contribution in [0.25, 0.3) is 0 Å². The summed E-state index contributed by atoms with van der Waals surface area (Å²) in [5.74, 6) is 3.74. The molecule has 0 aromatic heterocycles. The minimum atomic E-state index is 0.807. The summed E-state index contributed by atoms with van der Waals surface area (Å²) in [4.78, 5) is 0. The quantitative estimate of drug-likeness (QED) is 0.637. The second-order valence-electron chi connectivity index (χ2n) is 4.64. The predicted octanol–water partition coefficient (Wildman–Crippen LogP) is 3.69. The van der Waals surface area contributed by atoms with Crippen LogP contribution >= 0.6 is 11.8 Å². The van der Waals surface area contributed by atoms with Gasteiger partial charge in [0.2, 0.25) is 0 Å². The summed E-state index contributed by atoms with van der Waals surface area (Å²) < 4.78 is 0. The van der Waals surface area contributed by atoms with E-state index >= 15 is 0 Å². The van der Waals surface area contributed by atoms with Gasteiger partial charge in [-0.3, -0.25) is 0 Å². The zero-order valence-electron chi connectivity index (χ0n) is 10.4. The van der Waals surface area contributed by atoms with Crippen molar-refractivity contribution in [3.8, 4) is 0 Å². The molecule has 1 nitrogen and oxygen atoms in total. The lowest BCUT2D eigenvalue weighted by molar-refractivity contribution is 0.356.